The number of nitrogens with two attached hydrogens (primary N) is 2. The van der Waals surface area contributed by atoms with Crippen molar-refractivity contribution in [3.63, 3.8) is 0 Å². The fraction of sp³-hybridized carbons (Fsp3) is 0. The highest BCUT2D eigenvalue weighted by Crippen LogP contribution is 2.27. The van der Waals surface area contributed by atoms with E-state index in [9.17, 15) is 5.21 Å². The molecule has 0 radical (unpaired) electrons. The Hall–Kier alpha value is -4.00. The number of quaternary nitrogens is 1. The van der Waals surface area contributed by atoms with Crippen molar-refractivity contribution in [2.24, 2.45) is 0 Å². The minimum absolute atomic E-state index is 0.186. The second-order valence-electron chi connectivity index (χ2n) is 6.69. The van der Waals surface area contributed by atoms with E-state index in [4.69, 9.17) is 20.9 Å². The van der Waals surface area contributed by atoms with Crippen molar-refractivity contribution in [3.8, 4) is 23.0 Å². The molecule has 30 heavy (non-hydrogen) atoms. The molecule has 1 atom stereocenters. The minimum Gasteiger partial charge on any atom is -0.623 e. The maximum Gasteiger partial charge on any atom is 0.161 e. The summed E-state index contributed by atoms with van der Waals surface area (Å²) < 4.78 is 11.6. The normalized spacial score (nSPS) is 11.6. The van der Waals surface area contributed by atoms with Crippen molar-refractivity contribution < 1.29 is 14.5 Å². The van der Waals surface area contributed by atoms with Crippen LogP contribution in [0.2, 0.25) is 0 Å². The molecule has 1 unspecified atom stereocenters. The molecule has 0 spiro atoms. The number of rotatable bonds is 6. The third-order valence-corrected chi connectivity index (χ3v) is 4.48. The smallest absolute Gasteiger partial charge is 0.161 e. The Bertz CT molecular complexity index is 1110. The molecule has 6 nitrogen and oxygen atoms in total. The summed E-state index contributed by atoms with van der Waals surface area (Å²) in [5.74, 6) is 2.76. The molecule has 0 fully saturated rings. The van der Waals surface area contributed by atoms with Gasteiger partial charge in [0.15, 0.2) is 5.69 Å². The van der Waals surface area contributed by atoms with Crippen molar-refractivity contribution in [1.82, 2.24) is 0 Å². The van der Waals surface area contributed by atoms with E-state index in [1.165, 1.54) is 0 Å². The summed E-state index contributed by atoms with van der Waals surface area (Å²) in [6.07, 6.45) is 0. The molecule has 4 aromatic carbocycles. The number of nitrogen functional groups attached to an aromatic ring is 2. The van der Waals surface area contributed by atoms with E-state index >= 15 is 0 Å². The Balaban J connectivity index is 1.42. The first-order valence-electron chi connectivity index (χ1n) is 9.39. The molecule has 6 heteroatoms. The van der Waals surface area contributed by atoms with Gasteiger partial charge in [0, 0.05) is 23.9 Å². The van der Waals surface area contributed by atoms with Crippen molar-refractivity contribution in [2.75, 3.05) is 11.5 Å². The standard InChI is InChI=1S/C24H21N3O3/c25-17-6-15-23(26)24(16-17)27(28)18-7-9-20(10-8-18)30-22-13-11-21(12-14-22)29-19-4-2-1-3-5-19/h1-16,27H,25-26H2. The van der Waals surface area contributed by atoms with Crippen LogP contribution in [0.25, 0.3) is 0 Å². The Kier molecular flexibility index (Phi) is 5.52. The zero-order chi connectivity index (χ0) is 20.9. The van der Waals surface area contributed by atoms with Gasteiger partial charge in [-0.05, 0) is 60.7 Å². The minimum atomic E-state index is -0.186. The molecular formula is C24H21N3O3. The first-order valence-corrected chi connectivity index (χ1v) is 9.39. The number of para-hydroxylation sites is 1. The van der Waals surface area contributed by atoms with Crippen molar-refractivity contribution in [1.29, 1.82) is 0 Å². The molecule has 0 aromatic heterocycles. The lowest BCUT2D eigenvalue weighted by Crippen LogP contribution is -2.96. The van der Waals surface area contributed by atoms with Gasteiger partial charge in [-0.15, -0.1) is 0 Å². The van der Waals surface area contributed by atoms with Crippen molar-refractivity contribution >= 4 is 22.7 Å². The number of benzene rings is 4. The van der Waals surface area contributed by atoms with Gasteiger partial charge in [0.25, 0.3) is 0 Å². The molecule has 0 aliphatic rings. The van der Waals surface area contributed by atoms with Crippen LogP contribution in [0.3, 0.4) is 0 Å². The van der Waals surface area contributed by atoms with E-state index in [0.29, 0.717) is 40.0 Å². The van der Waals surface area contributed by atoms with E-state index < -0.39 is 0 Å². The number of anilines is 2. The first-order chi connectivity index (χ1) is 14.6. The Morgan fingerprint density at radius 2 is 1.10 bits per heavy atom. The highest BCUT2D eigenvalue weighted by Gasteiger charge is 2.11. The molecule has 0 bridgehead atoms. The fourth-order valence-electron chi connectivity index (χ4n) is 2.94. The summed E-state index contributed by atoms with van der Waals surface area (Å²) in [5, 5.41) is 12.5. The maximum absolute atomic E-state index is 12.7. The molecule has 0 aliphatic carbocycles. The van der Waals surface area contributed by atoms with Crippen LogP contribution in [0, 0.1) is 5.21 Å². The van der Waals surface area contributed by atoms with Gasteiger partial charge in [-0.2, -0.15) is 0 Å². The Labute approximate surface area is 174 Å². The van der Waals surface area contributed by atoms with Crippen LogP contribution in [0.4, 0.5) is 22.7 Å². The van der Waals surface area contributed by atoms with Crippen LogP contribution in [-0.4, -0.2) is 0 Å². The third kappa shape index (κ3) is 4.52. The van der Waals surface area contributed by atoms with Crippen molar-refractivity contribution in [2.45, 2.75) is 0 Å². The molecule has 0 amide bonds. The quantitative estimate of drug-likeness (QED) is 0.320. The lowest BCUT2D eigenvalue weighted by atomic mass is 10.2. The van der Waals surface area contributed by atoms with Gasteiger partial charge in [0.05, 0.1) is 5.69 Å². The van der Waals surface area contributed by atoms with Gasteiger partial charge in [-0.1, -0.05) is 18.2 Å². The lowest BCUT2D eigenvalue weighted by Gasteiger charge is -2.23. The van der Waals surface area contributed by atoms with E-state index in [1.54, 1.807) is 42.5 Å². The first kappa shape index (κ1) is 19.3. The molecule has 5 N–H and O–H groups in total. The molecule has 0 saturated heterocycles. The fourth-order valence-corrected chi connectivity index (χ4v) is 2.94. The lowest BCUT2D eigenvalue weighted by molar-refractivity contribution is -0.697. The van der Waals surface area contributed by atoms with E-state index in [0.717, 1.165) is 5.75 Å². The highest BCUT2D eigenvalue weighted by molar-refractivity contribution is 5.65. The summed E-state index contributed by atoms with van der Waals surface area (Å²) >= 11 is 0. The largest absolute Gasteiger partial charge is 0.623 e. The van der Waals surface area contributed by atoms with Gasteiger partial charge in [-0.25, -0.2) is 0 Å². The van der Waals surface area contributed by atoms with E-state index in [1.807, 2.05) is 54.6 Å². The van der Waals surface area contributed by atoms with Crippen LogP contribution < -0.4 is 26.0 Å². The summed E-state index contributed by atoms with van der Waals surface area (Å²) in [7, 11) is 0. The number of hydrogen-bond acceptors (Lipinski definition) is 5. The average molecular weight is 399 g/mol. The van der Waals surface area contributed by atoms with Gasteiger partial charge >= 0.3 is 0 Å². The zero-order valence-electron chi connectivity index (χ0n) is 16.1. The van der Waals surface area contributed by atoms with Gasteiger partial charge in [-0.3, -0.25) is 0 Å². The van der Waals surface area contributed by atoms with Crippen molar-refractivity contribution in [3.05, 3.63) is 102 Å². The third-order valence-electron chi connectivity index (χ3n) is 4.48. The average Bonchev–Trinajstić information content (AvgIpc) is 2.77. The van der Waals surface area contributed by atoms with Crippen LogP contribution in [0.15, 0.2) is 97.1 Å². The molecule has 0 saturated carbocycles. The summed E-state index contributed by atoms with van der Waals surface area (Å²) in [6.45, 7) is 0. The molecule has 4 rings (SSSR count). The molecule has 4 aromatic rings. The van der Waals surface area contributed by atoms with E-state index in [-0.39, 0.29) is 5.06 Å². The second-order valence-corrected chi connectivity index (χ2v) is 6.69. The van der Waals surface area contributed by atoms with Crippen LogP contribution >= 0.6 is 0 Å². The van der Waals surface area contributed by atoms with Gasteiger partial charge in [0.1, 0.15) is 28.7 Å². The highest BCUT2D eigenvalue weighted by atomic mass is 16.5. The topological polar surface area (TPSA) is 98.0 Å². The Morgan fingerprint density at radius 3 is 1.67 bits per heavy atom. The summed E-state index contributed by atoms with van der Waals surface area (Å²) in [5.41, 5.74) is 13.5. The predicted molar refractivity (Wildman–Crippen MR) is 118 cm³/mol. The predicted octanol–water partition coefficient (Wildman–Crippen LogP) is 4.78. The van der Waals surface area contributed by atoms with Gasteiger partial charge in [0.2, 0.25) is 0 Å². The molecule has 0 heterocycles. The SMILES string of the molecule is Nc1ccc(N)c([NH+]([O-])c2ccc(Oc3ccc(Oc4ccccc4)cc3)cc2)c1. The summed E-state index contributed by atoms with van der Waals surface area (Å²) in [4.78, 5) is 0. The Morgan fingerprint density at radius 1 is 0.600 bits per heavy atom. The maximum atomic E-state index is 12.7. The number of hydrogen-bond donors (Lipinski definition) is 3. The summed E-state index contributed by atoms with van der Waals surface area (Å²) in [6, 6.07) is 28.6. The van der Waals surface area contributed by atoms with Crippen LogP contribution in [0.1, 0.15) is 0 Å². The molecular weight excluding hydrogens is 378 g/mol. The van der Waals surface area contributed by atoms with Crippen LogP contribution in [-0.2, 0) is 0 Å². The van der Waals surface area contributed by atoms with E-state index in [2.05, 4.69) is 0 Å². The number of ether oxygens (including phenoxy) is 2. The molecule has 150 valence electrons. The number of nitrogens with one attached hydrogen (secondary N) is 1. The zero-order valence-corrected chi connectivity index (χ0v) is 16.1. The van der Waals surface area contributed by atoms with Gasteiger partial charge < -0.3 is 31.2 Å². The van der Waals surface area contributed by atoms with Crippen LogP contribution in [0.5, 0.6) is 23.0 Å². The monoisotopic (exact) mass is 399 g/mol. The molecule has 0 aliphatic heterocycles. The second kappa shape index (κ2) is 8.57.